The Hall–Kier alpha value is -2.76. The van der Waals surface area contributed by atoms with Crippen molar-refractivity contribution in [2.24, 2.45) is 11.8 Å². The Labute approximate surface area is 214 Å². The summed E-state index contributed by atoms with van der Waals surface area (Å²) in [6.07, 6.45) is 5.22. The lowest BCUT2D eigenvalue weighted by Crippen LogP contribution is -2.45. The van der Waals surface area contributed by atoms with Gasteiger partial charge in [-0.15, -0.1) is 0 Å². The van der Waals surface area contributed by atoms with E-state index in [0.717, 1.165) is 19.3 Å². The van der Waals surface area contributed by atoms with Gasteiger partial charge in [0.15, 0.2) is 0 Å². The minimum absolute atomic E-state index is 0.0167. The van der Waals surface area contributed by atoms with Crippen molar-refractivity contribution in [1.82, 2.24) is 24.1 Å². The molecule has 10 nitrogen and oxygen atoms in total. The van der Waals surface area contributed by atoms with Gasteiger partial charge in [-0.1, -0.05) is 24.9 Å². The molecule has 0 bridgehead atoms. The average molecular weight is 534 g/mol. The molecule has 2 fully saturated rings. The number of ether oxygens (including phenoxy) is 1. The van der Waals surface area contributed by atoms with Crippen molar-refractivity contribution >= 4 is 38.5 Å². The maximum absolute atomic E-state index is 13.8. The third-order valence-corrected chi connectivity index (χ3v) is 9.25. The zero-order valence-corrected chi connectivity index (χ0v) is 21.6. The van der Waals surface area contributed by atoms with E-state index in [4.69, 9.17) is 21.4 Å². The summed E-state index contributed by atoms with van der Waals surface area (Å²) < 4.78 is 36.3. The summed E-state index contributed by atoms with van der Waals surface area (Å²) in [6, 6.07) is 4.78. The summed E-state index contributed by atoms with van der Waals surface area (Å²) >= 11 is 6.31. The highest BCUT2D eigenvalue weighted by Crippen LogP contribution is 2.47. The first kappa shape index (κ1) is 24.9. The molecule has 5 rings (SSSR count). The largest absolute Gasteiger partial charge is 0.481 e. The van der Waals surface area contributed by atoms with Crippen LogP contribution >= 0.6 is 11.6 Å². The lowest BCUT2D eigenvalue weighted by Gasteiger charge is -2.39. The Morgan fingerprint density at radius 2 is 1.94 bits per heavy atom. The number of benzene rings is 1. The number of aromatic nitrogens is 4. The van der Waals surface area contributed by atoms with Gasteiger partial charge in [-0.25, -0.2) is 18.4 Å². The lowest BCUT2D eigenvalue weighted by atomic mass is 9.76. The fourth-order valence-electron chi connectivity index (χ4n) is 5.41. The van der Waals surface area contributed by atoms with Gasteiger partial charge in [-0.3, -0.25) is 9.48 Å². The molecule has 3 aromatic rings. The number of fused-ring (bicyclic) bond motifs is 1. The minimum atomic E-state index is -3.90. The molecule has 0 amide bonds. The molecule has 1 aliphatic heterocycles. The second kappa shape index (κ2) is 9.60. The van der Waals surface area contributed by atoms with E-state index in [1.54, 1.807) is 29.4 Å². The molecular formula is C24H28ClN5O5S. The molecule has 1 saturated heterocycles. The van der Waals surface area contributed by atoms with E-state index >= 15 is 0 Å². The van der Waals surface area contributed by atoms with Crippen molar-refractivity contribution in [3.05, 3.63) is 41.3 Å². The van der Waals surface area contributed by atoms with Crippen LogP contribution in [0.1, 0.15) is 44.8 Å². The maximum atomic E-state index is 13.8. The van der Waals surface area contributed by atoms with Crippen LogP contribution in [0, 0.1) is 11.8 Å². The number of aliphatic carboxylic acids is 1. The lowest BCUT2D eigenvalue weighted by molar-refractivity contribution is -0.136. The van der Waals surface area contributed by atoms with Crippen LogP contribution in [-0.2, 0) is 21.2 Å². The first-order valence-electron chi connectivity index (χ1n) is 12.1. The van der Waals surface area contributed by atoms with Crippen LogP contribution < -0.4 is 4.74 Å². The first-order valence-corrected chi connectivity index (χ1v) is 13.9. The Morgan fingerprint density at radius 3 is 2.56 bits per heavy atom. The molecule has 1 N–H and O–H groups in total. The van der Waals surface area contributed by atoms with Gasteiger partial charge in [0.25, 0.3) is 0 Å². The molecule has 192 valence electrons. The van der Waals surface area contributed by atoms with Crippen molar-refractivity contribution in [3.63, 3.8) is 0 Å². The molecule has 2 aromatic heterocycles. The van der Waals surface area contributed by atoms with Crippen LogP contribution in [0.15, 0.2) is 35.5 Å². The van der Waals surface area contributed by atoms with Gasteiger partial charge in [-0.2, -0.15) is 9.40 Å². The van der Waals surface area contributed by atoms with E-state index in [1.165, 1.54) is 12.4 Å². The van der Waals surface area contributed by atoms with E-state index < -0.39 is 16.0 Å². The van der Waals surface area contributed by atoms with Gasteiger partial charge in [0.2, 0.25) is 10.0 Å². The average Bonchev–Trinajstić information content (AvgIpc) is 3.30. The molecule has 1 aliphatic carbocycles. The van der Waals surface area contributed by atoms with Gasteiger partial charge in [-0.05, 0) is 49.8 Å². The van der Waals surface area contributed by atoms with Crippen LogP contribution in [0.4, 0.5) is 0 Å². The van der Waals surface area contributed by atoms with Crippen LogP contribution in [0.25, 0.3) is 10.9 Å². The third-order valence-electron chi connectivity index (χ3n) is 7.20. The summed E-state index contributed by atoms with van der Waals surface area (Å²) in [4.78, 5) is 19.7. The van der Waals surface area contributed by atoms with E-state index in [1.807, 2.05) is 11.6 Å². The predicted molar refractivity (Wildman–Crippen MR) is 133 cm³/mol. The number of carboxylic acids is 1. The summed E-state index contributed by atoms with van der Waals surface area (Å²) in [5.41, 5.74) is 1.15. The molecule has 3 heterocycles. The molecule has 12 heteroatoms. The van der Waals surface area contributed by atoms with Crippen molar-refractivity contribution in [1.29, 1.82) is 0 Å². The Morgan fingerprint density at radius 1 is 1.22 bits per heavy atom. The second-order valence-corrected chi connectivity index (χ2v) is 11.8. The maximum Gasteiger partial charge on any atom is 0.316 e. The number of nitrogens with zero attached hydrogens (tertiary/aromatic N) is 5. The molecule has 0 radical (unpaired) electrons. The smallest absolute Gasteiger partial charge is 0.316 e. The van der Waals surface area contributed by atoms with E-state index in [9.17, 15) is 18.3 Å². The number of hydrogen-bond acceptors (Lipinski definition) is 7. The predicted octanol–water partition coefficient (Wildman–Crippen LogP) is 3.56. The summed E-state index contributed by atoms with van der Waals surface area (Å²) in [7, 11) is -3.90. The van der Waals surface area contributed by atoms with Crippen molar-refractivity contribution in [3.8, 4) is 6.01 Å². The molecule has 0 spiro atoms. The number of sulfonamides is 1. The topological polar surface area (TPSA) is 128 Å². The Balaban J connectivity index is 1.59. The Kier molecular flexibility index (Phi) is 6.65. The van der Waals surface area contributed by atoms with Crippen LogP contribution in [-0.4, -0.2) is 62.7 Å². The standard InChI is InChI=1S/C24H28ClN5O5S/c1-3-35-24-26-11-17(12-27-24)36(33,34)29-13-14(2)22(23(29)15-5-4-6-15)30-20-9-16(25)7-8-18(20)19(28-30)10-21(31)32/h7-9,11-12,14-15,22-23H,3-6,10,13H2,1-2H3,(H,31,32)/t14-,22-,23?/m1/s1. The highest BCUT2D eigenvalue weighted by Gasteiger charge is 2.51. The van der Waals surface area contributed by atoms with E-state index in [0.29, 0.717) is 34.8 Å². The van der Waals surface area contributed by atoms with E-state index in [-0.39, 0.29) is 41.2 Å². The highest BCUT2D eigenvalue weighted by molar-refractivity contribution is 7.89. The fourth-order valence-corrected chi connectivity index (χ4v) is 7.27. The summed E-state index contributed by atoms with van der Waals surface area (Å²) in [5, 5.41) is 15.4. The normalized spacial score (nSPS) is 23.1. The molecule has 1 unspecified atom stereocenters. The quantitative estimate of drug-likeness (QED) is 0.465. The van der Waals surface area contributed by atoms with Gasteiger partial charge in [0.1, 0.15) is 4.90 Å². The number of rotatable bonds is 8. The van der Waals surface area contributed by atoms with Gasteiger partial charge >= 0.3 is 12.0 Å². The number of halogens is 1. The number of carbonyl (C=O) groups is 1. The third kappa shape index (κ3) is 4.33. The fraction of sp³-hybridized carbons (Fsp3) is 0.500. The van der Waals surface area contributed by atoms with Crippen LogP contribution in [0.3, 0.4) is 0 Å². The zero-order valence-electron chi connectivity index (χ0n) is 20.0. The van der Waals surface area contributed by atoms with Crippen LogP contribution in [0.5, 0.6) is 6.01 Å². The minimum Gasteiger partial charge on any atom is -0.481 e. The molecule has 1 aromatic carbocycles. The van der Waals surface area contributed by atoms with Crippen LogP contribution in [0.2, 0.25) is 5.02 Å². The molecule has 3 atom stereocenters. The van der Waals surface area contributed by atoms with Gasteiger partial charge in [0.05, 0.1) is 48.7 Å². The summed E-state index contributed by atoms with van der Waals surface area (Å²) in [6.45, 7) is 4.50. The number of hydrogen-bond donors (Lipinski definition) is 1. The van der Waals surface area contributed by atoms with Crippen molar-refractivity contribution in [2.75, 3.05) is 13.2 Å². The van der Waals surface area contributed by atoms with Crippen molar-refractivity contribution < 1.29 is 23.1 Å². The first-order chi connectivity index (χ1) is 17.2. The molecule has 1 saturated carbocycles. The van der Waals surface area contributed by atoms with Gasteiger partial charge in [0, 0.05) is 17.0 Å². The van der Waals surface area contributed by atoms with Crippen molar-refractivity contribution in [2.45, 2.75) is 56.5 Å². The molecule has 36 heavy (non-hydrogen) atoms. The zero-order chi connectivity index (χ0) is 25.6. The highest BCUT2D eigenvalue weighted by atomic mass is 35.5. The second-order valence-electron chi connectivity index (χ2n) is 9.48. The van der Waals surface area contributed by atoms with E-state index in [2.05, 4.69) is 9.97 Å². The number of carboxylic acid groups (broad SMARTS) is 1. The Bertz CT molecular complexity index is 1390. The summed E-state index contributed by atoms with van der Waals surface area (Å²) in [5.74, 6) is -0.889. The molecule has 2 aliphatic rings. The SMILES string of the molecule is CCOc1ncc(S(=O)(=O)N2C[C@@H](C)[C@@H](n3nc(CC(=O)O)c4ccc(Cl)cc43)C2C2CCC2)cn1. The van der Waals surface area contributed by atoms with Gasteiger partial charge < -0.3 is 9.84 Å². The molecular weight excluding hydrogens is 506 g/mol. The monoisotopic (exact) mass is 533 g/mol.